The molecule has 0 unspecified atom stereocenters. The van der Waals surface area contributed by atoms with Crippen molar-refractivity contribution >= 4 is 40.5 Å². The van der Waals surface area contributed by atoms with Crippen molar-refractivity contribution in [3.8, 4) is 0 Å². The molecule has 1 fully saturated rings. The first-order valence-electron chi connectivity index (χ1n) is 10.2. The van der Waals surface area contributed by atoms with Gasteiger partial charge in [-0.15, -0.1) is 6.58 Å². The number of nitrogens with zero attached hydrogens (tertiary/aromatic N) is 3. The molecule has 2 aromatic carbocycles. The fraction of sp³-hybridized carbons (Fsp3) is 0.160. The first-order valence-corrected chi connectivity index (χ1v) is 10.2. The molecule has 32 heavy (non-hydrogen) atoms. The average molecular weight is 429 g/mol. The third-order valence-corrected chi connectivity index (χ3v) is 5.31. The van der Waals surface area contributed by atoms with Crippen molar-refractivity contribution in [2.24, 2.45) is 0 Å². The van der Waals surface area contributed by atoms with Gasteiger partial charge < -0.3 is 9.30 Å². The van der Waals surface area contributed by atoms with Gasteiger partial charge in [0, 0.05) is 36.3 Å². The van der Waals surface area contributed by atoms with Crippen LogP contribution in [0.2, 0.25) is 0 Å². The molecule has 7 heteroatoms. The minimum absolute atomic E-state index is 0.0420. The second-order valence-corrected chi connectivity index (χ2v) is 7.31. The molecule has 162 valence electrons. The summed E-state index contributed by atoms with van der Waals surface area (Å²) in [6.07, 6.45) is 5.22. The van der Waals surface area contributed by atoms with Crippen LogP contribution in [0.5, 0.6) is 0 Å². The molecule has 0 spiro atoms. The Hall–Kier alpha value is -3.97. The number of imide groups is 2. The lowest BCUT2D eigenvalue weighted by Crippen LogP contribution is -2.57. The van der Waals surface area contributed by atoms with Gasteiger partial charge in [0.05, 0.1) is 18.8 Å². The molecule has 1 saturated heterocycles. The Morgan fingerprint density at radius 3 is 2.41 bits per heavy atom. The Balaban J connectivity index is 1.85. The maximum Gasteiger partial charge on any atom is 0.338 e. The number of anilines is 1. The molecule has 4 rings (SSSR count). The van der Waals surface area contributed by atoms with Crippen molar-refractivity contribution < 1.29 is 19.1 Å². The molecule has 0 saturated carbocycles. The van der Waals surface area contributed by atoms with Crippen LogP contribution in [-0.2, 0) is 20.9 Å². The first kappa shape index (κ1) is 21.3. The van der Waals surface area contributed by atoms with E-state index >= 15 is 0 Å². The maximum atomic E-state index is 13.4. The van der Waals surface area contributed by atoms with E-state index in [1.54, 1.807) is 42.5 Å². The van der Waals surface area contributed by atoms with Crippen LogP contribution in [0.1, 0.15) is 5.56 Å². The fourth-order valence-corrected chi connectivity index (χ4v) is 3.80. The summed E-state index contributed by atoms with van der Waals surface area (Å²) in [6, 6.07) is 15.6. The van der Waals surface area contributed by atoms with Gasteiger partial charge in [-0.25, -0.2) is 9.69 Å². The van der Waals surface area contributed by atoms with Crippen LogP contribution in [0, 0.1) is 0 Å². The highest BCUT2D eigenvalue weighted by Gasteiger charge is 2.42. The minimum Gasteiger partial charge on any atom is -0.383 e. The number of hydrogen-bond donors (Lipinski definition) is 0. The normalized spacial score (nSPS) is 15.8. The van der Waals surface area contributed by atoms with Crippen LogP contribution in [-0.4, -0.2) is 47.6 Å². The van der Waals surface area contributed by atoms with Crippen LogP contribution in [0.4, 0.5) is 10.5 Å². The summed E-state index contributed by atoms with van der Waals surface area (Å²) >= 11 is 0. The van der Waals surface area contributed by atoms with Gasteiger partial charge in [0.15, 0.2) is 0 Å². The molecule has 1 aliphatic heterocycles. The molecule has 0 N–H and O–H groups in total. The molecule has 2 heterocycles. The smallest absolute Gasteiger partial charge is 0.338 e. The van der Waals surface area contributed by atoms with Crippen LogP contribution < -0.4 is 4.90 Å². The number of ether oxygens (including phenoxy) is 1. The Labute approximate surface area is 185 Å². The summed E-state index contributed by atoms with van der Waals surface area (Å²) in [5.41, 5.74) is 2.00. The largest absolute Gasteiger partial charge is 0.383 e. The highest BCUT2D eigenvalue weighted by Crippen LogP contribution is 2.28. The molecular formula is C25H23N3O4. The van der Waals surface area contributed by atoms with Gasteiger partial charge >= 0.3 is 6.03 Å². The molecule has 0 atom stereocenters. The first-order chi connectivity index (χ1) is 15.6. The zero-order valence-corrected chi connectivity index (χ0v) is 17.7. The number of urea groups is 1. The quantitative estimate of drug-likeness (QED) is 0.325. The number of methoxy groups -OCH3 is 1. The number of para-hydroxylation sites is 2. The lowest BCUT2D eigenvalue weighted by atomic mass is 10.0. The van der Waals surface area contributed by atoms with E-state index in [1.807, 2.05) is 35.0 Å². The second-order valence-electron chi connectivity index (χ2n) is 7.31. The fourth-order valence-electron chi connectivity index (χ4n) is 3.80. The number of hydrogen-bond acceptors (Lipinski definition) is 4. The number of barbiturate groups is 1. The number of carbonyl (C=O) groups excluding carboxylic acids is 3. The van der Waals surface area contributed by atoms with Crippen molar-refractivity contribution in [1.29, 1.82) is 0 Å². The Bertz CT molecular complexity index is 1230. The van der Waals surface area contributed by atoms with Gasteiger partial charge in [0.2, 0.25) is 0 Å². The van der Waals surface area contributed by atoms with Crippen molar-refractivity contribution in [3.05, 3.63) is 84.6 Å². The number of aromatic nitrogens is 1. The van der Waals surface area contributed by atoms with Crippen molar-refractivity contribution in [2.75, 3.05) is 25.2 Å². The van der Waals surface area contributed by atoms with Crippen molar-refractivity contribution in [3.63, 3.8) is 0 Å². The summed E-state index contributed by atoms with van der Waals surface area (Å²) in [7, 11) is 1.49. The van der Waals surface area contributed by atoms with Gasteiger partial charge in [-0.1, -0.05) is 42.5 Å². The van der Waals surface area contributed by atoms with E-state index in [0.29, 0.717) is 17.8 Å². The molecule has 4 amide bonds. The predicted octanol–water partition coefficient (Wildman–Crippen LogP) is 3.85. The highest BCUT2D eigenvalue weighted by molar-refractivity contribution is 6.39. The van der Waals surface area contributed by atoms with Crippen molar-refractivity contribution in [1.82, 2.24) is 9.47 Å². The number of allylic oxidation sites excluding steroid dienone is 1. The lowest BCUT2D eigenvalue weighted by Gasteiger charge is -2.33. The molecule has 0 bridgehead atoms. The number of benzene rings is 2. The second kappa shape index (κ2) is 9.03. The Morgan fingerprint density at radius 2 is 1.69 bits per heavy atom. The van der Waals surface area contributed by atoms with E-state index in [0.717, 1.165) is 20.7 Å². The maximum absolute atomic E-state index is 13.4. The van der Waals surface area contributed by atoms with E-state index in [4.69, 9.17) is 4.74 Å². The summed E-state index contributed by atoms with van der Waals surface area (Å²) < 4.78 is 7.06. The number of carbonyl (C=O) groups is 3. The van der Waals surface area contributed by atoms with Gasteiger partial charge in [0.25, 0.3) is 11.8 Å². The van der Waals surface area contributed by atoms with E-state index in [1.165, 1.54) is 7.11 Å². The molecule has 1 aliphatic rings. The minimum atomic E-state index is -0.686. The molecule has 7 nitrogen and oxygen atoms in total. The number of amides is 4. The zero-order chi connectivity index (χ0) is 22.7. The van der Waals surface area contributed by atoms with E-state index in [9.17, 15) is 14.4 Å². The molecule has 0 radical (unpaired) electrons. The predicted molar refractivity (Wildman–Crippen MR) is 123 cm³/mol. The van der Waals surface area contributed by atoms with E-state index in [2.05, 4.69) is 6.58 Å². The van der Waals surface area contributed by atoms with Crippen LogP contribution in [0.3, 0.4) is 0 Å². The summed E-state index contributed by atoms with van der Waals surface area (Å²) in [4.78, 5) is 41.7. The van der Waals surface area contributed by atoms with Gasteiger partial charge in [-0.3, -0.25) is 14.5 Å². The van der Waals surface area contributed by atoms with Crippen LogP contribution in [0.15, 0.2) is 79.0 Å². The molecule has 3 aromatic rings. The standard InChI is InChI=1S/C25H23N3O4/c1-3-13-26-17-18(20-11-7-8-12-22(20)26)16-21-23(29)27(14-15-32-2)25(31)28(24(21)30)19-9-5-4-6-10-19/h3-12,16-17H,1,13-15H2,2H3/b21-16+. The molecule has 0 aliphatic carbocycles. The van der Waals surface area contributed by atoms with Crippen LogP contribution >= 0.6 is 0 Å². The third kappa shape index (κ3) is 3.74. The summed E-state index contributed by atoms with van der Waals surface area (Å²) in [6.45, 7) is 4.59. The number of rotatable bonds is 7. The Morgan fingerprint density at radius 1 is 0.969 bits per heavy atom. The van der Waals surface area contributed by atoms with E-state index < -0.39 is 17.8 Å². The SMILES string of the molecule is C=CCn1cc(/C=C2\C(=O)N(CCOC)C(=O)N(c3ccccc3)C2=O)c2ccccc21. The average Bonchev–Trinajstić information content (AvgIpc) is 3.15. The third-order valence-electron chi connectivity index (χ3n) is 5.31. The molecule has 1 aromatic heterocycles. The highest BCUT2D eigenvalue weighted by atomic mass is 16.5. The lowest BCUT2D eigenvalue weighted by molar-refractivity contribution is -0.129. The monoisotopic (exact) mass is 429 g/mol. The van der Waals surface area contributed by atoms with Crippen molar-refractivity contribution in [2.45, 2.75) is 6.54 Å². The van der Waals surface area contributed by atoms with Gasteiger partial charge in [-0.05, 0) is 24.3 Å². The summed E-state index contributed by atoms with van der Waals surface area (Å²) in [5.74, 6) is -1.29. The Kier molecular flexibility index (Phi) is 6.00. The molecular weight excluding hydrogens is 406 g/mol. The topological polar surface area (TPSA) is 71.8 Å². The zero-order valence-electron chi connectivity index (χ0n) is 17.7. The van der Waals surface area contributed by atoms with Gasteiger partial charge in [0.1, 0.15) is 5.57 Å². The number of fused-ring (bicyclic) bond motifs is 1. The summed E-state index contributed by atoms with van der Waals surface area (Å²) in [5, 5.41) is 0.897. The van der Waals surface area contributed by atoms with Crippen LogP contribution in [0.25, 0.3) is 17.0 Å². The van der Waals surface area contributed by atoms with E-state index in [-0.39, 0.29) is 18.7 Å². The van der Waals surface area contributed by atoms with Gasteiger partial charge in [-0.2, -0.15) is 0 Å².